The number of ether oxygens (including phenoxy) is 1. The lowest BCUT2D eigenvalue weighted by molar-refractivity contribution is 0.0680. The molecule has 1 aromatic rings. The molecule has 0 spiro atoms. The van der Waals surface area contributed by atoms with E-state index in [0.717, 1.165) is 6.42 Å². The molecule has 0 aliphatic heterocycles. The smallest absolute Gasteiger partial charge is 0.196 e. The molecule has 2 N–H and O–H groups in total. The minimum Gasteiger partial charge on any atom is -0.507 e. The van der Waals surface area contributed by atoms with Crippen LogP contribution in [0.2, 0.25) is 0 Å². The zero-order valence-electron chi connectivity index (χ0n) is 13.6. The molecule has 0 saturated heterocycles. The van der Waals surface area contributed by atoms with Crippen LogP contribution in [0.25, 0.3) is 0 Å². The summed E-state index contributed by atoms with van der Waals surface area (Å²) in [5.74, 6) is -1.12. The molecule has 1 aliphatic carbocycles. The lowest BCUT2D eigenvalue weighted by atomic mass is 9.84. The number of aromatic hydroxyl groups is 2. The standard InChI is InChI=1S/C18H22O5/c1-4-23-15(8-5-10(2)3)11-9-14(21)16-12(19)6-7-13(20)17(16)18(11)22/h6-7,9-10,15,19-20H,4-5,8H2,1-3H3. The van der Waals surface area contributed by atoms with Gasteiger partial charge in [-0.1, -0.05) is 13.8 Å². The highest BCUT2D eigenvalue weighted by Crippen LogP contribution is 2.36. The molecule has 0 aromatic heterocycles. The first-order valence-electron chi connectivity index (χ1n) is 7.83. The number of carbonyl (C=O) groups is 2. The topological polar surface area (TPSA) is 83.8 Å². The molecule has 2 rings (SSSR count). The lowest BCUT2D eigenvalue weighted by Gasteiger charge is -2.24. The van der Waals surface area contributed by atoms with E-state index in [0.29, 0.717) is 18.9 Å². The monoisotopic (exact) mass is 318 g/mol. The van der Waals surface area contributed by atoms with Gasteiger partial charge in [0, 0.05) is 12.2 Å². The van der Waals surface area contributed by atoms with E-state index in [4.69, 9.17) is 4.74 Å². The highest BCUT2D eigenvalue weighted by molar-refractivity contribution is 6.26. The van der Waals surface area contributed by atoms with Crippen LogP contribution in [-0.4, -0.2) is 34.5 Å². The summed E-state index contributed by atoms with van der Waals surface area (Å²) in [7, 11) is 0. The van der Waals surface area contributed by atoms with Gasteiger partial charge in [-0.05, 0) is 43.9 Å². The number of ketones is 2. The zero-order valence-corrected chi connectivity index (χ0v) is 13.6. The van der Waals surface area contributed by atoms with Crippen LogP contribution >= 0.6 is 0 Å². The number of phenols is 2. The minimum absolute atomic E-state index is 0.137. The van der Waals surface area contributed by atoms with Crippen molar-refractivity contribution in [2.75, 3.05) is 6.61 Å². The number of rotatable bonds is 6. The summed E-state index contributed by atoms with van der Waals surface area (Å²) >= 11 is 0. The Morgan fingerprint density at radius 1 is 1.04 bits per heavy atom. The third kappa shape index (κ3) is 3.45. The first kappa shape index (κ1) is 17.2. The molecule has 0 bridgehead atoms. The van der Waals surface area contributed by atoms with Gasteiger partial charge in [-0.2, -0.15) is 0 Å². The summed E-state index contributed by atoms with van der Waals surface area (Å²) in [5.41, 5.74) is -0.0366. The third-order valence-corrected chi connectivity index (χ3v) is 3.90. The number of allylic oxidation sites excluding steroid dienone is 1. The van der Waals surface area contributed by atoms with E-state index in [1.165, 1.54) is 18.2 Å². The van der Waals surface area contributed by atoms with Crippen LogP contribution in [0, 0.1) is 5.92 Å². The Bertz CT molecular complexity index is 658. The van der Waals surface area contributed by atoms with Crippen molar-refractivity contribution in [3.8, 4) is 11.5 Å². The third-order valence-electron chi connectivity index (χ3n) is 3.90. The first-order valence-corrected chi connectivity index (χ1v) is 7.83. The Kier molecular flexibility index (Phi) is 5.21. The Hall–Kier alpha value is -2.14. The molecule has 5 nitrogen and oxygen atoms in total. The second-order valence-corrected chi connectivity index (χ2v) is 6.06. The highest BCUT2D eigenvalue weighted by Gasteiger charge is 2.34. The van der Waals surface area contributed by atoms with E-state index in [1.807, 2.05) is 6.92 Å². The van der Waals surface area contributed by atoms with E-state index < -0.39 is 17.7 Å². The van der Waals surface area contributed by atoms with Crippen molar-refractivity contribution < 1.29 is 24.5 Å². The molecule has 1 aliphatic rings. The second-order valence-electron chi connectivity index (χ2n) is 6.06. The fourth-order valence-corrected chi connectivity index (χ4v) is 2.74. The Balaban J connectivity index is 2.42. The normalized spacial score (nSPS) is 15.6. The highest BCUT2D eigenvalue weighted by atomic mass is 16.5. The van der Waals surface area contributed by atoms with E-state index in [9.17, 15) is 19.8 Å². The van der Waals surface area contributed by atoms with E-state index >= 15 is 0 Å². The van der Waals surface area contributed by atoms with Crippen LogP contribution in [0.1, 0.15) is 54.3 Å². The van der Waals surface area contributed by atoms with Gasteiger partial charge in [0.1, 0.15) is 11.5 Å². The quantitative estimate of drug-likeness (QED) is 0.787. The van der Waals surface area contributed by atoms with Gasteiger partial charge in [-0.25, -0.2) is 0 Å². The Morgan fingerprint density at radius 2 is 1.65 bits per heavy atom. The van der Waals surface area contributed by atoms with Crippen LogP contribution in [0.5, 0.6) is 11.5 Å². The van der Waals surface area contributed by atoms with E-state index in [2.05, 4.69) is 13.8 Å². The van der Waals surface area contributed by atoms with Crippen molar-refractivity contribution in [2.45, 2.75) is 39.7 Å². The fraction of sp³-hybridized carbons (Fsp3) is 0.444. The van der Waals surface area contributed by atoms with Crippen molar-refractivity contribution in [3.63, 3.8) is 0 Å². The van der Waals surface area contributed by atoms with Crippen LogP contribution in [0.15, 0.2) is 23.8 Å². The summed E-state index contributed by atoms with van der Waals surface area (Å²) in [4.78, 5) is 25.0. The molecule has 0 saturated carbocycles. The fourth-order valence-electron chi connectivity index (χ4n) is 2.74. The van der Waals surface area contributed by atoms with Crippen LogP contribution in [0.3, 0.4) is 0 Å². The molecule has 23 heavy (non-hydrogen) atoms. The lowest BCUT2D eigenvalue weighted by Crippen LogP contribution is -2.28. The molecule has 5 heteroatoms. The van der Waals surface area contributed by atoms with Crippen molar-refractivity contribution in [1.29, 1.82) is 0 Å². The maximum Gasteiger partial charge on any atom is 0.196 e. The maximum absolute atomic E-state index is 12.7. The summed E-state index contributed by atoms with van der Waals surface area (Å²) in [6.07, 6.45) is 2.20. The summed E-state index contributed by atoms with van der Waals surface area (Å²) in [5, 5.41) is 19.8. The van der Waals surface area contributed by atoms with Gasteiger partial charge in [-0.3, -0.25) is 9.59 Å². The van der Waals surface area contributed by atoms with Crippen LogP contribution < -0.4 is 0 Å². The van der Waals surface area contributed by atoms with E-state index in [1.54, 1.807) is 0 Å². The largest absolute Gasteiger partial charge is 0.507 e. The number of fused-ring (bicyclic) bond motifs is 1. The van der Waals surface area contributed by atoms with Gasteiger partial charge in [0.05, 0.1) is 17.2 Å². The van der Waals surface area contributed by atoms with Gasteiger partial charge in [0.2, 0.25) is 0 Å². The van der Waals surface area contributed by atoms with Crippen LogP contribution in [-0.2, 0) is 4.74 Å². The molecular weight excluding hydrogens is 296 g/mol. The molecule has 1 aromatic carbocycles. The molecule has 1 atom stereocenters. The molecule has 0 radical (unpaired) electrons. The second kappa shape index (κ2) is 6.96. The average molecular weight is 318 g/mol. The number of hydrogen-bond acceptors (Lipinski definition) is 5. The van der Waals surface area contributed by atoms with Crippen LogP contribution in [0.4, 0.5) is 0 Å². The summed E-state index contributed by atoms with van der Waals surface area (Å²) in [6.45, 7) is 6.39. The predicted octanol–water partition coefficient (Wildman–Crippen LogP) is 3.24. The average Bonchev–Trinajstić information content (AvgIpc) is 2.49. The van der Waals surface area contributed by atoms with Gasteiger partial charge in [0.25, 0.3) is 0 Å². The minimum atomic E-state index is -0.492. The van der Waals surface area contributed by atoms with Crippen molar-refractivity contribution in [1.82, 2.24) is 0 Å². The molecule has 124 valence electrons. The van der Waals surface area contributed by atoms with Gasteiger partial charge >= 0.3 is 0 Å². The maximum atomic E-state index is 12.7. The summed E-state index contributed by atoms with van der Waals surface area (Å²) < 4.78 is 5.65. The van der Waals surface area contributed by atoms with Crippen molar-refractivity contribution in [3.05, 3.63) is 34.9 Å². The summed E-state index contributed by atoms with van der Waals surface area (Å²) in [6, 6.07) is 2.42. The predicted molar refractivity (Wildman–Crippen MR) is 86.0 cm³/mol. The number of phenolic OH excluding ortho intramolecular Hbond substituents is 2. The molecular formula is C18H22O5. The molecule has 1 unspecified atom stereocenters. The van der Waals surface area contributed by atoms with Crippen molar-refractivity contribution in [2.24, 2.45) is 5.92 Å². The van der Waals surface area contributed by atoms with E-state index in [-0.39, 0.29) is 28.2 Å². The van der Waals surface area contributed by atoms with Gasteiger partial charge < -0.3 is 14.9 Å². The SMILES string of the molecule is CCOC(CCC(C)C)C1=CC(=O)c2c(O)ccc(O)c2C1=O. The first-order chi connectivity index (χ1) is 10.9. The Labute approximate surface area is 135 Å². The number of Topliss-reactive ketones (excluding diaryl/α,β-unsaturated/α-hetero) is 1. The number of hydrogen-bond donors (Lipinski definition) is 2. The number of benzene rings is 1. The zero-order chi connectivity index (χ0) is 17.1. The molecule has 0 fully saturated rings. The Morgan fingerprint density at radius 3 is 2.22 bits per heavy atom. The number of carbonyl (C=O) groups excluding carboxylic acids is 2. The molecule has 0 amide bonds. The van der Waals surface area contributed by atoms with Gasteiger partial charge in [-0.15, -0.1) is 0 Å². The van der Waals surface area contributed by atoms with Gasteiger partial charge in [0.15, 0.2) is 11.6 Å². The molecule has 0 heterocycles. The van der Waals surface area contributed by atoms with Crippen molar-refractivity contribution >= 4 is 11.6 Å².